The summed E-state index contributed by atoms with van der Waals surface area (Å²) < 4.78 is 5.72. The summed E-state index contributed by atoms with van der Waals surface area (Å²) in [5.41, 5.74) is -0.0519. The molecule has 0 spiro atoms. The Bertz CT molecular complexity index is 297. The van der Waals surface area contributed by atoms with Gasteiger partial charge in [-0.1, -0.05) is 24.3 Å². The van der Waals surface area contributed by atoms with Gasteiger partial charge in [-0.25, -0.2) is 0 Å². The maximum atomic E-state index is 5.72. The zero-order valence-corrected chi connectivity index (χ0v) is 8.57. The summed E-state index contributed by atoms with van der Waals surface area (Å²) in [6.45, 7) is 0. The highest BCUT2D eigenvalue weighted by Crippen LogP contribution is 2.45. The lowest BCUT2D eigenvalue weighted by molar-refractivity contribution is -0.0790. The Kier molecular flexibility index (Phi) is 1.83. The van der Waals surface area contributed by atoms with E-state index in [4.69, 9.17) is 4.74 Å². The number of ether oxygens (including phenoxy) is 1. The zero-order valence-electron chi connectivity index (χ0n) is 8.57. The van der Waals surface area contributed by atoms with Crippen molar-refractivity contribution in [3.05, 3.63) is 24.3 Å². The molecule has 0 amide bonds. The lowest BCUT2D eigenvalue weighted by atomic mass is 9.83. The van der Waals surface area contributed by atoms with E-state index in [1.807, 2.05) is 7.11 Å². The SMILES string of the molecule is COC12CCC(N1)C1C=CC=CC2C1. The van der Waals surface area contributed by atoms with E-state index < -0.39 is 0 Å². The fourth-order valence-corrected chi connectivity index (χ4v) is 3.25. The third-order valence-corrected chi connectivity index (χ3v) is 4.08. The number of piperidine rings is 1. The molecule has 1 aliphatic carbocycles. The highest BCUT2D eigenvalue weighted by molar-refractivity contribution is 5.20. The molecule has 2 saturated heterocycles. The summed E-state index contributed by atoms with van der Waals surface area (Å²) in [6.07, 6.45) is 12.7. The molecule has 76 valence electrons. The molecule has 4 unspecified atom stereocenters. The Morgan fingerprint density at radius 3 is 3.07 bits per heavy atom. The van der Waals surface area contributed by atoms with Crippen LogP contribution in [0.25, 0.3) is 0 Å². The molecule has 4 atom stereocenters. The number of rotatable bonds is 1. The fraction of sp³-hybridized carbons (Fsp3) is 0.667. The first-order valence-electron chi connectivity index (χ1n) is 5.52. The second-order valence-electron chi connectivity index (χ2n) is 4.66. The first-order valence-corrected chi connectivity index (χ1v) is 5.52. The molecule has 3 rings (SSSR count). The minimum atomic E-state index is -0.0519. The maximum absolute atomic E-state index is 5.72. The van der Waals surface area contributed by atoms with Gasteiger partial charge in [-0.2, -0.15) is 0 Å². The van der Waals surface area contributed by atoms with Crippen LogP contribution in [0.3, 0.4) is 0 Å². The van der Waals surface area contributed by atoms with Gasteiger partial charge in [0.05, 0.1) is 0 Å². The van der Waals surface area contributed by atoms with Crippen molar-refractivity contribution in [2.75, 3.05) is 7.11 Å². The van der Waals surface area contributed by atoms with Crippen molar-refractivity contribution in [3.8, 4) is 0 Å². The first kappa shape index (κ1) is 8.69. The van der Waals surface area contributed by atoms with Crippen LogP contribution in [0.4, 0.5) is 0 Å². The smallest absolute Gasteiger partial charge is 0.125 e. The molecule has 2 aliphatic heterocycles. The van der Waals surface area contributed by atoms with E-state index in [-0.39, 0.29) is 5.72 Å². The molecule has 4 bridgehead atoms. The van der Waals surface area contributed by atoms with E-state index in [0.717, 1.165) is 6.42 Å². The number of methoxy groups -OCH3 is 1. The summed E-state index contributed by atoms with van der Waals surface area (Å²) in [7, 11) is 1.84. The van der Waals surface area contributed by atoms with E-state index in [1.54, 1.807) is 0 Å². The van der Waals surface area contributed by atoms with Gasteiger partial charge in [-0.3, -0.25) is 5.32 Å². The largest absolute Gasteiger partial charge is 0.363 e. The number of hydrogen-bond acceptors (Lipinski definition) is 2. The van der Waals surface area contributed by atoms with Crippen LogP contribution in [-0.2, 0) is 4.74 Å². The van der Waals surface area contributed by atoms with E-state index in [2.05, 4.69) is 29.6 Å². The van der Waals surface area contributed by atoms with Crippen molar-refractivity contribution in [1.82, 2.24) is 5.32 Å². The maximum Gasteiger partial charge on any atom is 0.125 e. The second kappa shape index (κ2) is 2.94. The third kappa shape index (κ3) is 1.04. The summed E-state index contributed by atoms with van der Waals surface area (Å²) in [5, 5.41) is 3.67. The molecule has 0 aromatic heterocycles. The molecule has 0 radical (unpaired) electrons. The monoisotopic (exact) mass is 191 g/mol. The molecule has 0 saturated carbocycles. The van der Waals surface area contributed by atoms with Crippen LogP contribution in [0.15, 0.2) is 24.3 Å². The summed E-state index contributed by atoms with van der Waals surface area (Å²) in [4.78, 5) is 0. The molecular formula is C12H17NO. The van der Waals surface area contributed by atoms with Crippen LogP contribution < -0.4 is 5.32 Å². The summed E-state index contributed by atoms with van der Waals surface area (Å²) in [5.74, 6) is 1.26. The lowest BCUT2D eigenvalue weighted by Crippen LogP contribution is -2.56. The van der Waals surface area contributed by atoms with Crippen LogP contribution in [-0.4, -0.2) is 18.9 Å². The van der Waals surface area contributed by atoms with Crippen LogP contribution in [0, 0.1) is 11.8 Å². The molecule has 2 heterocycles. The molecule has 2 nitrogen and oxygen atoms in total. The molecule has 3 aliphatic rings. The molecule has 1 N–H and O–H groups in total. The highest BCUT2D eigenvalue weighted by Gasteiger charge is 2.50. The Morgan fingerprint density at radius 2 is 2.21 bits per heavy atom. The highest BCUT2D eigenvalue weighted by atomic mass is 16.5. The van der Waals surface area contributed by atoms with Gasteiger partial charge in [-0.05, 0) is 25.2 Å². The fourth-order valence-electron chi connectivity index (χ4n) is 3.25. The quantitative estimate of drug-likeness (QED) is 0.683. The predicted octanol–water partition coefficient (Wildman–Crippen LogP) is 1.84. The van der Waals surface area contributed by atoms with E-state index in [1.165, 1.54) is 12.8 Å². The van der Waals surface area contributed by atoms with Gasteiger partial charge in [0.1, 0.15) is 5.72 Å². The minimum absolute atomic E-state index is 0.0519. The zero-order chi connectivity index (χ0) is 9.60. The van der Waals surface area contributed by atoms with Crippen molar-refractivity contribution in [2.45, 2.75) is 31.0 Å². The average molecular weight is 191 g/mol. The second-order valence-corrected chi connectivity index (χ2v) is 4.66. The minimum Gasteiger partial charge on any atom is -0.363 e. The predicted molar refractivity (Wildman–Crippen MR) is 55.8 cm³/mol. The van der Waals surface area contributed by atoms with Gasteiger partial charge < -0.3 is 4.74 Å². The average Bonchev–Trinajstić information content (AvgIpc) is 2.47. The third-order valence-electron chi connectivity index (χ3n) is 4.08. The standard InChI is InChI=1S/C12H17NO/c1-14-12-7-6-11(13-12)9-4-2-3-5-10(12)8-9/h2-5,9-11,13H,6-8H2,1H3. The Labute approximate surface area is 85.0 Å². The molecular weight excluding hydrogens is 174 g/mol. The Hall–Kier alpha value is -0.600. The molecule has 0 aromatic carbocycles. The van der Waals surface area contributed by atoms with E-state index in [9.17, 15) is 0 Å². The molecule has 2 fully saturated rings. The van der Waals surface area contributed by atoms with E-state index in [0.29, 0.717) is 17.9 Å². The van der Waals surface area contributed by atoms with Gasteiger partial charge in [0.2, 0.25) is 0 Å². The van der Waals surface area contributed by atoms with Crippen LogP contribution in [0.5, 0.6) is 0 Å². The van der Waals surface area contributed by atoms with Crippen molar-refractivity contribution in [1.29, 1.82) is 0 Å². The van der Waals surface area contributed by atoms with Gasteiger partial charge >= 0.3 is 0 Å². The van der Waals surface area contributed by atoms with Crippen molar-refractivity contribution in [2.24, 2.45) is 11.8 Å². The first-order chi connectivity index (χ1) is 6.84. The lowest BCUT2D eigenvalue weighted by Gasteiger charge is -2.41. The van der Waals surface area contributed by atoms with Gasteiger partial charge in [-0.15, -0.1) is 0 Å². The Morgan fingerprint density at radius 1 is 1.36 bits per heavy atom. The van der Waals surface area contributed by atoms with Gasteiger partial charge in [0.15, 0.2) is 0 Å². The summed E-state index contributed by atoms with van der Waals surface area (Å²) >= 11 is 0. The van der Waals surface area contributed by atoms with Crippen LogP contribution >= 0.6 is 0 Å². The molecule has 0 aromatic rings. The Balaban J connectivity index is 1.99. The van der Waals surface area contributed by atoms with Crippen molar-refractivity contribution in [3.63, 3.8) is 0 Å². The van der Waals surface area contributed by atoms with Crippen molar-refractivity contribution < 1.29 is 4.74 Å². The van der Waals surface area contributed by atoms with Gasteiger partial charge in [0.25, 0.3) is 0 Å². The molecule has 2 heteroatoms. The van der Waals surface area contributed by atoms with Crippen molar-refractivity contribution >= 4 is 0 Å². The van der Waals surface area contributed by atoms with E-state index >= 15 is 0 Å². The van der Waals surface area contributed by atoms with Gasteiger partial charge in [0, 0.05) is 19.1 Å². The number of nitrogens with one attached hydrogen (secondary N) is 1. The normalized spacial score (nSPS) is 49.4. The van der Waals surface area contributed by atoms with Crippen LogP contribution in [0.2, 0.25) is 0 Å². The molecule has 14 heavy (non-hydrogen) atoms. The number of allylic oxidation sites excluding steroid dienone is 2. The summed E-state index contributed by atoms with van der Waals surface area (Å²) in [6, 6.07) is 0.641. The number of hydrogen-bond donors (Lipinski definition) is 1. The topological polar surface area (TPSA) is 21.3 Å². The number of fused-ring (bicyclic) bond motifs is 6. The van der Waals surface area contributed by atoms with Crippen LogP contribution in [0.1, 0.15) is 19.3 Å².